The van der Waals surface area contributed by atoms with Crippen LogP contribution in [0.1, 0.15) is 37.7 Å². The maximum absolute atomic E-state index is 7.42. The minimum absolute atomic E-state index is 0.0837. The zero-order chi connectivity index (χ0) is 10.6. The SMILES string of the molecule is [C-]#[N+]C1(Cc2ccccc2)CCCCC1. The van der Waals surface area contributed by atoms with Gasteiger partial charge in [-0.3, -0.25) is 0 Å². The van der Waals surface area contributed by atoms with Crippen molar-refractivity contribution in [2.24, 2.45) is 0 Å². The van der Waals surface area contributed by atoms with Crippen molar-refractivity contribution in [2.75, 3.05) is 0 Å². The Balaban J connectivity index is 2.12. The molecule has 0 aromatic heterocycles. The summed E-state index contributed by atoms with van der Waals surface area (Å²) in [5.41, 5.74) is 1.23. The van der Waals surface area contributed by atoms with Gasteiger partial charge in [-0.05, 0) is 18.4 Å². The second-order valence-corrected chi connectivity index (χ2v) is 4.56. The summed E-state index contributed by atoms with van der Waals surface area (Å²) in [4.78, 5) is 3.92. The molecule has 1 aromatic carbocycles. The van der Waals surface area contributed by atoms with Gasteiger partial charge in [0.1, 0.15) is 0 Å². The van der Waals surface area contributed by atoms with Crippen molar-refractivity contribution in [1.82, 2.24) is 0 Å². The van der Waals surface area contributed by atoms with Crippen LogP contribution < -0.4 is 0 Å². The molecular weight excluding hydrogens is 182 g/mol. The molecule has 0 aliphatic heterocycles. The van der Waals surface area contributed by atoms with Crippen molar-refractivity contribution in [1.29, 1.82) is 0 Å². The highest BCUT2D eigenvalue weighted by Gasteiger charge is 2.37. The van der Waals surface area contributed by atoms with E-state index in [0.717, 1.165) is 19.3 Å². The van der Waals surface area contributed by atoms with Crippen molar-refractivity contribution >= 4 is 0 Å². The molecule has 0 unspecified atom stereocenters. The van der Waals surface area contributed by atoms with Gasteiger partial charge < -0.3 is 4.85 Å². The summed E-state index contributed by atoms with van der Waals surface area (Å²) in [6, 6.07) is 10.4. The number of nitrogens with zero attached hydrogens (tertiary/aromatic N) is 1. The zero-order valence-electron chi connectivity index (χ0n) is 9.08. The number of benzene rings is 1. The Morgan fingerprint density at radius 3 is 2.33 bits per heavy atom. The molecule has 78 valence electrons. The lowest BCUT2D eigenvalue weighted by Crippen LogP contribution is -2.30. The van der Waals surface area contributed by atoms with Gasteiger partial charge in [0.05, 0.1) is 6.42 Å². The zero-order valence-corrected chi connectivity index (χ0v) is 9.08. The molecule has 0 radical (unpaired) electrons. The number of hydrogen-bond acceptors (Lipinski definition) is 0. The summed E-state index contributed by atoms with van der Waals surface area (Å²) in [7, 11) is 0. The van der Waals surface area contributed by atoms with E-state index < -0.39 is 0 Å². The lowest BCUT2D eigenvalue weighted by atomic mass is 9.78. The number of rotatable bonds is 2. The Morgan fingerprint density at radius 1 is 1.07 bits per heavy atom. The third kappa shape index (κ3) is 2.39. The molecule has 0 bridgehead atoms. The molecule has 0 atom stereocenters. The molecule has 1 aromatic rings. The van der Waals surface area contributed by atoms with Gasteiger partial charge in [-0.2, -0.15) is 0 Å². The van der Waals surface area contributed by atoms with Crippen LogP contribution in [0.5, 0.6) is 0 Å². The molecule has 0 saturated heterocycles. The summed E-state index contributed by atoms with van der Waals surface area (Å²) >= 11 is 0. The lowest BCUT2D eigenvalue weighted by Gasteiger charge is -2.26. The van der Waals surface area contributed by atoms with Crippen LogP contribution in [0.2, 0.25) is 0 Å². The summed E-state index contributed by atoms with van der Waals surface area (Å²) in [6.45, 7) is 7.42. The highest BCUT2D eigenvalue weighted by Crippen LogP contribution is 2.34. The van der Waals surface area contributed by atoms with Gasteiger partial charge in [0.15, 0.2) is 0 Å². The molecule has 1 nitrogen and oxygen atoms in total. The van der Waals surface area contributed by atoms with Gasteiger partial charge in [-0.15, -0.1) is 0 Å². The monoisotopic (exact) mass is 199 g/mol. The van der Waals surface area contributed by atoms with E-state index in [9.17, 15) is 0 Å². The van der Waals surface area contributed by atoms with E-state index >= 15 is 0 Å². The van der Waals surface area contributed by atoms with Crippen molar-refractivity contribution in [3.8, 4) is 0 Å². The molecule has 0 spiro atoms. The Bertz CT molecular complexity index is 341. The van der Waals surface area contributed by atoms with Crippen molar-refractivity contribution in [3.05, 3.63) is 47.3 Å². The van der Waals surface area contributed by atoms with Gasteiger partial charge in [0, 0.05) is 12.8 Å². The standard InChI is InChI=1S/C14H17N/c1-15-14(10-6-3-7-11-14)12-13-8-4-2-5-9-13/h2,4-5,8-9H,3,6-7,10-12H2. The van der Waals surface area contributed by atoms with E-state index in [1.54, 1.807) is 0 Å². The number of hydrogen-bond donors (Lipinski definition) is 0. The molecule has 0 N–H and O–H groups in total. The third-order valence-corrected chi connectivity index (χ3v) is 3.40. The fourth-order valence-corrected chi connectivity index (χ4v) is 2.51. The first-order valence-electron chi connectivity index (χ1n) is 5.77. The average molecular weight is 199 g/mol. The van der Waals surface area contributed by atoms with E-state index in [-0.39, 0.29) is 5.54 Å². The predicted molar refractivity (Wildman–Crippen MR) is 62.6 cm³/mol. The molecule has 1 heteroatoms. The first-order chi connectivity index (χ1) is 7.35. The summed E-state index contributed by atoms with van der Waals surface area (Å²) in [5.74, 6) is 0. The van der Waals surface area contributed by atoms with E-state index in [4.69, 9.17) is 6.57 Å². The Hall–Kier alpha value is -1.29. The summed E-state index contributed by atoms with van der Waals surface area (Å²) < 4.78 is 0. The van der Waals surface area contributed by atoms with Crippen molar-refractivity contribution in [3.63, 3.8) is 0 Å². The average Bonchev–Trinajstić information content (AvgIpc) is 2.32. The van der Waals surface area contributed by atoms with Crippen LogP contribution in [0.4, 0.5) is 0 Å². The van der Waals surface area contributed by atoms with E-state index in [2.05, 4.69) is 29.1 Å². The molecule has 1 fully saturated rings. The van der Waals surface area contributed by atoms with E-state index in [1.165, 1.54) is 24.8 Å². The van der Waals surface area contributed by atoms with E-state index in [1.807, 2.05) is 6.07 Å². The molecule has 1 aliphatic carbocycles. The predicted octanol–water partition coefficient (Wildman–Crippen LogP) is 3.85. The van der Waals surface area contributed by atoms with Gasteiger partial charge in [-0.25, -0.2) is 6.57 Å². The fourth-order valence-electron chi connectivity index (χ4n) is 2.51. The Morgan fingerprint density at radius 2 is 1.73 bits per heavy atom. The summed E-state index contributed by atoms with van der Waals surface area (Å²) in [5, 5.41) is 0. The van der Waals surface area contributed by atoms with Gasteiger partial charge in [0.2, 0.25) is 5.54 Å². The molecule has 2 rings (SSSR count). The normalized spacial score (nSPS) is 19.4. The van der Waals surface area contributed by atoms with Crippen LogP contribution in [0.3, 0.4) is 0 Å². The van der Waals surface area contributed by atoms with Gasteiger partial charge >= 0.3 is 0 Å². The highest BCUT2D eigenvalue weighted by atomic mass is 14.8. The first-order valence-corrected chi connectivity index (χ1v) is 5.77. The van der Waals surface area contributed by atoms with Crippen molar-refractivity contribution in [2.45, 2.75) is 44.1 Å². The first kappa shape index (κ1) is 10.2. The van der Waals surface area contributed by atoms with Crippen LogP contribution in [-0.4, -0.2) is 5.54 Å². The molecule has 1 aliphatic rings. The van der Waals surface area contributed by atoms with Crippen LogP contribution in [-0.2, 0) is 6.42 Å². The minimum Gasteiger partial charge on any atom is -0.310 e. The largest absolute Gasteiger partial charge is 0.310 e. The Kier molecular flexibility index (Phi) is 3.06. The van der Waals surface area contributed by atoms with Crippen LogP contribution in [0, 0.1) is 6.57 Å². The van der Waals surface area contributed by atoms with Gasteiger partial charge in [-0.1, -0.05) is 36.8 Å². The minimum atomic E-state index is -0.0837. The second kappa shape index (κ2) is 4.49. The summed E-state index contributed by atoms with van der Waals surface area (Å²) in [6.07, 6.45) is 6.89. The smallest absolute Gasteiger partial charge is 0.236 e. The van der Waals surface area contributed by atoms with Crippen LogP contribution >= 0.6 is 0 Å². The topological polar surface area (TPSA) is 4.36 Å². The molecule has 0 heterocycles. The molecule has 0 amide bonds. The van der Waals surface area contributed by atoms with E-state index in [0.29, 0.717) is 0 Å². The maximum atomic E-state index is 7.42. The quantitative estimate of drug-likeness (QED) is 0.637. The van der Waals surface area contributed by atoms with Crippen LogP contribution in [0.25, 0.3) is 4.85 Å². The fraction of sp³-hybridized carbons (Fsp3) is 0.500. The molecule has 15 heavy (non-hydrogen) atoms. The maximum Gasteiger partial charge on any atom is 0.236 e. The third-order valence-electron chi connectivity index (χ3n) is 3.40. The van der Waals surface area contributed by atoms with Crippen LogP contribution in [0.15, 0.2) is 30.3 Å². The highest BCUT2D eigenvalue weighted by molar-refractivity contribution is 5.20. The van der Waals surface area contributed by atoms with Gasteiger partial charge in [0.25, 0.3) is 0 Å². The molecule has 1 saturated carbocycles. The second-order valence-electron chi connectivity index (χ2n) is 4.56. The lowest BCUT2D eigenvalue weighted by molar-refractivity contribution is 0.344. The Labute approximate surface area is 91.9 Å². The van der Waals surface area contributed by atoms with Crippen molar-refractivity contribution < 1.29 is 0 Å². The molecular formula is C14H17N.